The molecule has 0 unspecified atom stereocenters. The molecule has 0 aromatic carbocycles. The van der Waals surface area contributed by atoms with Gasteiger partial charge in [-0.2, -0.15) is 5.10 Å². The Morgan fingerprint density at radius 2 is 2.25 bits per heavy atom. The van der Waals surface area contributed by atoms with E-state index in [4.69, 9.17) is 0 Å². The number of nitrogens with zero attached hydrogens (tertiary/aromatic N) is 2. The number of rotatable bonds is 2. The molecule has 2 nitrogen and oxygen atoms in total. The van der Waals surface area contributed by atoms with Crippen LogP contribution < -0.4 is 0 Å². The van der Waals surface area contributed by atoms with E-state index in [0.717, 1.165) is 0 Å². The summed E-state index contributed by atoms with van der Waals surface area (Å²) in [6.07, 6.45) is 6.09. The topological polar surface area (TPSA) is 17.8 Å². The molecule has 1 aromatic rings. The Bertz CT molecular complexity index is 282. The van der Waals surface area contributed by atoms with E-state index in [0.29, 0.717) is 6.04 Å². The van der Waals surface area contributed by atoms with Crippen LogP contribution in [-0.4, -0.2) is 9.78 Å². The van der Waals surface area contributed by atoms with Crippen LogP contribution in [0.15, 0.2) is 18.5 Å². The van der Waals surface area contributed by atoms with Crippen LogP contribution in [0.25, 0.3) is 5.57 Å². The van der Waals surface area contributed by atoms with Gasteiger partial charge in [0.15, 0.2) is 0 Å². The number of allylic oxidation sites excluding steroid dienone is 2. The fraction of sp³-hybridized carbons (Fsp3) is 0.500. The van der Waals surface area contributed by atoms with Gasteiger partial charge in [-0.05, 0) is 33.3 Å². The molecule has 0 aliphatic rings. The summed E-state index contributed by atoms with van der Waals surface area (Å²) >= 11 is 0. The lowest BCUT2D eigenvalue weighted by Gasteiger charge is -2.02. The van der Waals surface area contributed by atoms with E-state index in [1.807, 2.05) is 17.8 Å². The van der Waals surface area contributed by atoms with Crippen molar-refractivity contribution in [2.45, 2.75) is 33.7 Å². The van der Waals surface area contributed by atoms with Crippen molar-refractivity contribution in [3.05, 3.63) is 24.0 Å². The third-order valence-corrected chi connectivity index (χ3v) is 2.02. The Kier molecular flexibility index (Phi) is 2.69. The summed E-state index contributed by atoms with van der Waals surface area (Å²) in [6.45, 7) is 8.40. The molecule has 0 radical (unpaired) electrons. The molecule has 1 heterocycles. The van der Waals surface area contributed by atoms with Crippen molar-refractivity contribution in [3.63, 3.8) is 0 Å². The van der Waals surface area contributed by atoms with Gasteiger partial charge >= 0.3 is 0 Å². The molecule has 0 bridgehead atoms. The largest absolute Gasteiger partial charge is 0.270 e. The molecule has 0 spiro atoms. The van der Waals surface area contributed by atoms with Gasteiger partial charge in [0.1, 0.15) is 0 Å². The summed E-state index contributed by atoms with van der Waals surface area (Å²) in [5.41, 5.74) is 2.49. The maximum atomic E-state index is 4.26. The van der Waals surface area contributed by atoms with Crippen molar-refractivity contribution < 1.29 is 0 Å². The van der Waals surface area contributed by atoms with E-state index in [2.05, 4.69) is 38.1 Å². The third kappa shape index (κ3) is 1.76. The molecule has 0 aliphatic carbocycles. The molecule has 0 saturated carbocycles. The monoisotopic (exact) mass is 164 g/mol. The van der Waals surface area contributed by atoms with Crippen molar-refractivity contribution in [2.24, 2.45) is 0 Å². The van der Waals surface area contributed by atoms with E-state index >= 15 is 0 Å². The highest BCUT2D eigenvalue weighted by Gasteiger charge is 2.01. The summed E-state index contributed by atoms with van der Waals surface area (Å²) in [6, 6.07) is 0.448. The summed E-state index contributed by atoms with van der Waals surface area (Å²) < 4.78 is 1.97. The fourth-order valence-electron chi connectivity index (χ4n) is 0.991. The molecule has 1 rings (SSSR count). The summed E-state index contributed by atoms with van der Waals surface area (Å²) in [7, 11) is 0. The zero-order valence-electron chi connectivity index (χ0n) is 8.20. The molecule has 0 saturated heterocycles. The van der Waals surface area contributed by atoms with Crippen molar-refractivity contribution in [3.8, 4) is 0 Å². The van der Waals surface area contributed by atoms with Gasteiger partial charge in [-0.1, -0.05) is 6.08 Å². The van der Waals surface area contributed by atoms with E-state index in [-0.39, 0.29) is 0 Å². The van der Waals surface area contributed by atoms with Gasteiger partial charge in [-0.3, -0.25) is 4.68 Å². The first-order chi connectivity index (χ1) is 5.65. The molecular formula is C10H16N2. The van der Waals surface area contributed by atoms with Crippen LogP contribution in [0, 0.1) is 0 Å². The number of aromatic nitrogens is 2. The molecule has 66 valence electrons. The van der Waals surface area contributed by atoms with Crippen LogP contribution in [0.1, 0.15) is 39.3 Å². The minimum atomic E-state index is 0.448. The van der Waals surface area contributed by atoms with E-state index in [1.54, 1.807) is 0 Å². The Hall–Kier alpha value is -1.05. The maximum absolute atomic E-state index is 4.26. The molecule has 2 heteroatoms. The second-order valence-electron chi connectivity index (χ2n) is 3.27. The minimum absolute atomic E-state index is 0.448. The van der Waals surface area contributed by atoms with Crippen molar-refractivity contribution in [1.82, 2.24) is 9.78 Å². The predicted molar refractivity (Wildman–Crippen MR) is 51.9 cm³/mol. The Morgan fingerprint density at radius 3 is 2.67 bits per heavy atom. The molecule has 1 aromatic heterocycles. The average molecular weight is 164 g/mol. The molecule has 12 heavy (non-hydrogen) atoms. The zero-order valence-corrected chi connectivity index (χ0v) is 8.20. The first-order valence-corrected chi connectivity index (χ1v) is 4.32. The lowest BCUT2D eigenvalue weighted by Crippen LogP contribution is -1.99. The Morgan fingerprint density at radius 1 is 1.58 bits per heavy atom. The second-order valence-corrected chi connectivity index (χ2v) is 3.27. The predicted octanol–water partition coefficient (Wildman–Crippen LogP) is 2.89. The van der Waals surface area contributed by atoms with Crippen LogP contribution >= 0.6 is 0 Å². The lowest BCUT2D eigenvalue weighted by molar-refractivity contribution is 0.532. The van der Waals surface area contributed by atoms with Crippen molar-refractivity contribution in [2.75, 3.05) is 0 Å². The summed E-state index contributed by atoms with van der Waals surface area (Å²) in [5.74, 6) is 0. The van der Waals surface area contributed by atoms with Crippen LogP contribution in [0.2, 0.25) is 0 Å². The second kappa shape index (κ2) is 3.57. The van der Waals surface area contributed by atoms with Gasteiger partial charge in [0, 0.05) is 17.8 Å². The summed E-state index contributed by atoms with van der Waals surface area (Å²) in [4.78, 5) is 0. The lowest BCUT2D eigenvalue weighted by atomic mass is 10.2. The normalized spacial score (nSPS) is 12.6. The van der Waals surface area contributed by atoms with Crippen LogP contribution in [0.3, 0.4) is 0 Å². The maximum Gasteiger partial charge on any atom is 0.0564 e. The average Bonchev–Trinajstić information content (AvgIpc) is 2.51. The fourth-order valence-corrected chi connectivity index (χ4v) is 0.991. The van der Waals surface area contributed by atoms with Gasteiger partial charge in [0.2, 0.25) is 0 Å². The quantitative estimate of drug-likeness (QED) is 0.657. The Balaban J connectivity index is 2.92. The molecule has 0 fully saturated rings. The van der Waals surface area contributed by atoms with Crippen LogP contribution in [0.5, 0.6) is 0 Å². The van der Waals surface area contributed by atoms with Crippen LogP contribution in [-0.2, 0) is 0 Å². The SMILES string of the molecule is CC=C(C)c1cnn(C(C)C)c1. The Labute approximate surface area is 73.9 Å². The van der Waals surface area contributed by atoms with Gasteiger partial charge in [-0.15, -0.1) is 0 Å². The van der Waals surface area contributed by atoms with E-state index < -0.39 is 0 Å². The summed E-state index contributed by atoms with van der Waals surface area (Å²) in [5, 5.41) is 4.26. The highest BCUT2D eigenvalue weighted by Crippen LogP contribution is 2.13. The first-order valence-electron chi connectivity index (χ1n) is 4.32. The molecular weight excluding hydrogens is 148 g/mol. The highest BCUT2D eigenvalue weighted by atomic mass is 15.3. The van der Waals surface area contributed by atoms with Crippen LogP contribution in [0.4, 0.5) is 0 Å². The first kappa shape index (κ1) is 9.04. The van der Waals surface area contributed by atoms with Crippen molar-refractivity contribution in [1.29, 1.82) is 0 Å². The van der Waals surface area contributed by atoms with Gasteiger partial charge in [0.05, 0.1) is 6.20 Å². The molecule has 0 atom stereocenters. The smallest absolute Gasteiger partial charge is 0.0564 e. The molecule has 0 aliphatic heterocycles. The minimum Gasteiger partial charge on any atom is -0.270 e. The standard InChI is InChI=1S/C10H16N2/c1-5-9(4)10-6-11-12(7-10)8(2)3/h5-8H,1-4H3. The highest BCUT2D eigenvalue weighted by molar-refractivity contribution is 5.61. The number of hydrogen-bond acceptors (Lipinski definition) is 1. The van der Waals surface area contributed by atoms with Gasteiger partial charge in [-0.25, -0.2) is 0 Å². The zero-order chi connectivity index (χ0) is 9.14. The van der Waals surface area contributed by atoms with Gasteiger partial charge < -0.3 is 0 Å². The molecule has 0 amide bonds. The molecule has 0 N–H and O–H groups in total. The third-order valence-electron chi connectivity index (χ3n) is 2.02. The van der Waals surface area contributed by atoms with Crippen molar-refractivity contribution >= 4 is 5.57 Å². The van der Waals surface area contributed by atoms with Gasteiger partial charge in [0.25, 0.3) is 0 Å². The number of hydrogen-bond donors (Lipinski definition) is 0. The van der Waals surface area contributed by atoms with E-state index in [1.165, 1.54) is 11.1 Å². The van der Waals surface area contributed by atoms with E-state index in [9.17, 15) is 0 Å².